The van der Waals surface area contributed by atoms with E-state index >= 15 is 0 Å². The number of carbonyl (C=O) groups excluding carboxylic acids is 1. The Hall–Kier alpha value is -1.44. The SMILES string of the molecule is CCOC(=O)[C@H]1COCO[C@]1(Nc1ccccc1)C(F)(F)Cl. The molecule has 0 saturated carbocycles. The predicted molar refractivity (Wildman–Crippen MR) is 75.6 cm³/mol. The number of para-hydroxylation sites is 1. The van der Waals surface area contributed by atoms with Gasteiger partial charge in [-0.2, -0.15) is 8.78 Å². The molecule has 5 nitrogen and oxygen atoms in total. The number of hydrogen-bond donors (Lipinski definition) is 1. The van der Waals surface area contributed by atoms with Gasteiger partial charge in [-0.3, -0.25) is 4.79 Å². The molecule has 122 valence electrons. The van der Waals surface area contributed by atoms with Gasteiger partial charge in [0.15, 0.2) is 0 Å². The van der Waals surface area contributed by atoms with E-state index in [9.17, 15) is 13.6 Å². The summed E-state index contributed by atoms with van der Waals surface area (Å²) in [7, 11) is 0. The number of anilines is 1. The number of esters is 1. The average molecular weight is 336 g/mol. The molecule has 0 aromatic heterocycles. The summed E-state index contributed by atoms with van der Waals surface area (Å²) in [6, 6.07) is 8.16. The highest BCUT2D eigenvalue weighted by atomic mass is 35.5. The fourth-order valence-corrected chi connectivity index (χ4v) is 2.44. The Morgan fingerprint density at radius 2 is 2.18 bits per heavy atom. The number of carbonyl (C=O) groups is 1. The van der Waals surface area contributed by atoms with Gasteiger partial charge in [0, 0.05) is 5.69 Å². The highest BCUT2D eigenvalue weighted by molar-refractivity contribution is 6.23. The molecule has 0 radical (unpaired) electrons. The van der Waals surface area contributed by atoms with Crippen LogP contribution < -0.4 is 5.32 Å². The summed E-state index contributed by atoms with van der Waals surface area (Å²) < 4.78 is 43.1. The Labute approximate surface area is 131 Å². The molecular formula is C14H16ClF2NO4. The number of hydrogen-bond acceptors (Lipinski definition) is 5. The first-order valence-corrected chi connectivity index (χ1v) is 7.07. The zero-order valence-electron chi connectivity index (χ0n) is 11.9. The van der Waals surface area contributed by atoms with E-state index < -0.39 is 29.8 Å². The molecule has 1 fully saturated rings. The number of rotatable bonds is 5. The minimum Gasteiger partial charge on any atom is -0.466 e. The number of nitrogens with one attached hydrogen (secondary N) is 1. The first-order valence-electron chi connectivity index (χ1n) is 6.69. The number of benzene rings is 1. The second kappa shape index (κ2) is 6.76. The van der Waals surface area contributed by atoms with Gasteiger partial charge >= 0.3 is 11.4 Å². The number of ether oxygens (including phenoxy) is 3. The lowest BCUT2D eigenvalue weighted by molar-refractivity contribution is -0.268. The highest BCUT2D eigenvalue weighted by Crippen LogP contribution is 2.44. The molecule has 2 atom stereocenters. The third kappa shape index (κ3) is 3.31. The van der Waals surface area contributed by atoms with Crippen LogP contribution in [-0.2, 0) is 19.0 Å². The minimum absolute atomic E-state index is 0.0462. The van der Waals surface area contributed by atoms with Crippen molar-refractivity contribution in [2.75, 3.05) is 25.3 Å². The van der Waals surface area contributed by atoms with Crippen LogP contribution >= 0.6 is 11.6 Å². The Morgan fingerprint density at radius 1 is 1.50 bits per heavy atom. The smallest absolute Gasteiger partial charge is 0.369 e. The summed E-state index contributed by atoms with van der Waals surface area (Å²) in [6.07, 6.45) is 0. The Balaban J connectivity index is 2.39. The molecule has 1 aromatic rings. The van der Waals surface area contributed by atoms with Crippen molar-refractivity contribution < 1.29 is 27.8 Å². The van der Waals surface area contributed by atoms with Crippen LogP contribution in [0.2, 0.25) is 0 Å². The predicted octanol–water partition coefficient (Wildman–Crippen LogP) is 2.81. The fourth-order valence-electron chi connectivity index (χ4n) is 2.20. The average Bonchev–Trinajstić information content (AvgIpc) is 2.48. The van der Waals surface area contributed by atoms with Crippen molar-refractivity contribution in [3.8, 4) is 0 Å². The number of halogens is 3. The highest BCUT2D eigenvalue weighted by Gasteiger charge is 2.63. The lowest BCUT2D eigenvalue weighted by Gasteiger charge is -2.44. The van der Waals surface area contributed by atoms with Crippen molar-refractivity contribution in [3.63, 3.8) is 0 Å². The van der Waals surface area contributed by atoms with E-state index in [1.807, 2.05) is 0 Å². The monoisotopic (exact) mass is 335 g/mol. The number of alkyl halides is 3. The molecule has 2 rings (SSSR count). The zero-order valence-corrected chi connectivity index (χ0v) is 12.6. The van der Waals surface area contributed by atoms with Gasteiger partial charge in [-0.15, -0.1) is 0 Å². The molecule has 0 bridgehead atoms. The maximum Gasteiger partial charge on any atom is 0.369 e. The Bertz CT molecular complexity index is 511. The van der Waals surface area contributed by atoms with Gasteiger partial charge < -0.3 is 19.5 Å². The topological polar surface area (TPSA) is 56.8 Å². The van der Waals surface area contributed by atoms with E-state index in [4.69, 9.17) is 25.8 Å². The second-order valence-electron chi connectivity index (χ2n) is 4.66. The largest absolute Gasteiger partial charge is 0.466 e. The summed E-state index contributed by atoms with van der Waals surface area (Å²) in [4.78, 5) is 12.0. The van der Waals surface area contributed by atoms with Gasteiger partial charge in [-0.1, -0.05) is 18.2 Å². The molecule has 0 amide bonds. The van der Waals surface area contributed by atoms with Gasteiger partial charge in [0.05, 0.1) is 13.2 Å². The third-order valence-electron chi connectivity index (χ3n) is 3.24. The fraction of sp³-hybridized carbons (Fsp3) is 0.500. The lowest BCUT2D eigenvalue weighted by Crippen LogP contribution is -2.64. The van der Waals surface area contributed by atoms with Gasteiger partial charge in [0.2, 0.25) is 5.72 Å². The standard InChI is InChI=1S/C14H16ClF2NO4/c1-2-21-12(19)11-8-20-9-22-13(11,14(15,16)17)18-10-6-4-3-5-7-10/h3-7,11,18H,2,8-9H2,1H3/t11-,13+/m1/s1. The molecule has 1 aliphatic rings. The summed E-state index contributed by atoms with van der Waals surface area (Å²) in [5, 5.41) is -1.33. The Kier molecular flexibility index (Phi) is 5.20. The molecule has 1 N–H and O–H groups in total. The van der Waals surface area contributed by atoms with Crippen LogP contribution in [0, 0.1) is 5.92 Å². The van der Waals surface area contributed by atoms with Crippen LogP contribution in [0.25, 0.3) is 0 Å². The van der Waals surface area contributed by atoms with Gasteiger partial charge in [-0.05, 0) is 30.7 Å². The van der Waals surface area contributed by atoms with Crippen LogP contribution in [0.1, 0.15) is 6.92 Å². The van der Waals surface area contributed by atoms with E-state index in [1.54, 1.807) is 37.3 Å². The summed E-state index contributed by atoms with van der Waals surface area (Å²) in [6.45, 7) is 0.914. The molecule has 8 heteroatoms. The molecule has 0 spiro atoms. The summed E-state index contributed by atoms with van der Waals surface area (Å²) in [5.41, 5.74) is -2.13. The third-order valence-corrected chi connectivity index (χ3v) is 3.52. The summed E-state index contributed by atoms with van der Waals surface area (Å²) in [5.74, 6) is -2.29. The van der Waals surface area contributed by atoms with Crippen LogP contribution in [0.5, 0.6) is 0 Å². The maximum atomic E-state index is 14.1. The van der Waals surface area contributed by atoms with Crippen molar-refractivity contribution in [1.82, 2.24) is 0 Å². The molecule has 1 aromatic carbocycles. The second-order valence-corrected chi connectivity index (χ2v) is 5.14. The van der Waals surface area contributed by atoms with E-state index in [2.05, 4.69) is 5.32 Å². The summed E-state index contributed by atoms with van der Waals surface area (Å²) >= 11 is 5.27. The van der Waals surface area contributed by atoms with Crippen molar-refractivity contribution in [1.29, 1.82) is 0 Å². The molecule has 0 unspecified atom stereocenters. The molecule has 22 heavy (non-hydrogen) atoms. The zero-order chi connectivity index (χ0) is 16.2. The van der Waals surface area contributed by atoms with Crippen LogP contribution in [-0.4, -0.2) is 37.1 Å². The van der Waals surface area contributed by atoms with E-state index in [0.29, 0.717) is 5.69 Å². The molecule has 1 saturated heterocycles. The first-order chi connectivity index (χ1) is 10.4. The minimum atomic E-state index is -3.87. The molecular weight excluding hydrogens is 320 g/mol. The van der Waals surface area contributed by atoms with E-state index in [1.165, 1.54) is 0 Å². The van der Waals surface area contributed by atoms with E-state index in [-0.39, 0.29) is 13.2 Å². The van der Waals surface area contributed by atoms with Crippen molar-refractivity contribution in [2.45, 2.75) is 18.0 Å². The molecule has 1 heterocycles. The van der Waals surface area contributed by atoms with Crippen molar-refractivity contribution >= 4 is 23.3 Å². The van der Waals surface area contributed by atoms with Gasteiger partial charge in [0.25, 0.3) is 0 Å². The normalized spacial score (nSPS) is 25.5. The lowest BCUT2D eigenvalue weighted by atomic mass is 9.94. The first kappa shape index (κ1) is 16.9. The van der Waals surface area contributed by atoms with Crippen molar-refractivity contribution in [3.05, 3.63) is 30.3 Å². The molecule has 1 aliphatic heterocycles. The van der Waals surface area contributed by atoms with Crippen molar-refractivity contribution in [2.24, 2.45) is 5.92 Å². The van der Waals surface area contributed by atoms with Crippen LogP contribution in [0.3, 0.4) is 0 Å². The van der Waals surface area contributed by atoms with Gasteiger partial charge in [-0.25, -0.2) is 0 Å². The molecule has 0 aliphatic carbocycles. The van der Waals surface area contributed by atoms with Gasteiger partial charge in [0.1, 0.15) is 12.7 Å². The van der Waals surface area contributed by atoms with E-state index in [0.717, 1.165) is 0 Å². The quantitative estimate of drug-likeness (QED) is 0.662. The maximum absolute atomic E-state index is 14.1. The Morgan fingerprint density at radius 3 is 2.77 bits per heavy atom. The van der Waals surface area contributed by atoms with Crippen LogP contribution in [0.15, 0.2) is 30.3 Å². The van der Waals surface area contributed by atoms with Crippen LogP contribution in [0.4, 0.5) is 14.5 Å².